The van der Waals surface area contributed by atoms with Crippen LogP contribution in [0.25, 0.3) is 10.2 Å². The van der Waals surface area contributed by atoms with E-state index in [0.29, 0.717) is 11.6 Å². The van der Waals surface area contributed by atoms with Crippen LogP contribution in [0.2, 0.25) is 0 Å². The van der Waals surface area contributed by atoms with Gasteiger partial charge in [0.25, 0.3) is 0 Å². The van der Waals surface area contributed by atoms with Crippen molar-refractivity contribution in [1.29, 1.82) is 0 Å². The van der Waals surface area contributed by atoms with Crippen molar-refractivity contribution in [1.82, 2.24) is 20.1 Å². The minimum absolute atomic E-state index is 0.636. The number of nitrogens with zero attached hydrogens (tertiary/aromatic N) is 4. The summed E-state index contributed by atoms with van der Waals surface area (Å²) in [4.78, 5) is 12.8. The van der Waals surface area contributed by atoms with E-state index in [-0.39, 0.29) is 0 Å². The summed E-state index contributed by atoms with van der Waals surface area (Å²) in [6.45, 7) is 2.00. The number of thioether (sulfide) groups is 1. The van der Waals surface area contributed by atoms with Crippen molar-refractivity contribution in [3.05, 3.63) is 29.5 Å². The van der Waals surface area contributed by atoms with Gasteiger partial charge >= 0.3 is 0 Å². The van der Waals surface area contributed by atoms with Crippen molar-refractivity contribution in [3.63, 3.8) is 0 Å². The van der Waals surface area contributed by atoms with Crippen molar-refractivity contribution in [3.8, 4) is 0 Å². The Morgan fingerprint density at radius 2 is 2.33 bits per heavy atom. The predicted molar refractivity (Wildman–Crippen MR) is 70.7 cm³/mol. The Morgan fingerprint density at radius 1 is 1.39 bits per heavy atom. The molecule has 0 aliphatic carbocycles. The van der Waals surface area contributed by atoms with Crippen LogP contribution >= 0.6 is 23.1 Å². The number of hydrogen-bond acceptors (Lipinski definition) is 7. The summed E-state index contributed by atoms with van der Waals surface area (Å²) in [5.74, 6) is 2.02. The molecule has 0 atom stereocenters. The summed E-state index contributed by atoms with van der Waals surface area (Å²) < 4.78 is 6.26. The molecule has 0 aromatic carbocycles. The van der Waals surface area contributed by atoms with Gasteiger partial charge in [0.2, 0.25) is 5.89 Å². The quantitative estimate of drug-likeness (QED) is 0.540. The second-order valence-corrected chi connectivity index (χ2v) is 5.44. The molecule has 5 nitrogen and oxygen atoms in total. The fraction of sp³-hybridized carbons (Fsp3) is 0.273. The molecule has 3 rings (SSSR count). The van der Waals surface area contributed by atoms with Crippen molar-refractivity contribution in [2.45, 2.75) is 24.1 Å². The molecule has 0 radical (unpaired) electrons. The number of hydrogen-bond donors (Lipinski definition) is 0. The van der Waals surface area contributed by atoms with Crippen LogP contribution in [0, 0.1) is 0 Å². The molecule has 0 bridgehead atoms. The topological polar surface area (TPSA) is 64.7 Å². The van der Waals surface area contributed by atoms with Gasteiger partial charge in [-0.15, -0.1) is 11.3 Å². The second kappa shape index (κ2) is 5.03. The van der Waals surface area contributed by atoms with E-state index >= 15 is 0 Å². The van der Waals surface area contributed by atoms with E-state index in [0.717, 1.165) is 27.5 Å². The zero-order chi connectivity index (χ0) is 12.4. The monoisotopic (exact) mass is 278 g/mol. The van der Waals surface area contributed by atoms with Gasteiger partial charge < -0.3 is 4.52 Å². The first-order chi connectivity index (χ1) is 8.86. The van der Waals surface area contributed by atoms with Gasteiger partial charge in [0.15, 0.2) is 5.82 Å². The molecule has 0 aliphatic rings. The van der Waals surface area contributed by atoms with E-state index in [1.54, 1.807) is 29.4 Å². The van der Waals surface area contributed by atoms with E-state index in [1.807, 2.05) is 18.4 Å². The Kier molecular flexibility index (Phi) is 3.24. The maximum atomic E-state index is 5.15. The highest BCUT2D eigenvalue weighted by Crippen LogP contribution is 2.30. The van der Waals surface area contributed by atoms with Crippen LogP contribution in [0.5, 0.6) is 0 Å². The zero-order valence-corrected chi connectivity index (χ0v) is 11.3. The smallest absolute Gasteiger partial charge is 0.237 e. The number of fused-ring (bicyclic) bond motifs is 1. The Balaban J connectivity index is 1.78. The number of aromatic nitrogens is 4. The highest BCUT2D eigenvalue weighted by molar-refractivity contribution is 7.98. The van der Waals surface area contributed by atoms with Crippen LogP contribution in [0.15, 0.2) is 27.3 Å². The lowest BCUT2D eigenvalue weighted by molar-refractivity contribution is 0.385. The molecule has 92 valence electrons. The lowest BCUT2D eigenvalue weighted by Crippen LogP contribution is -1.86. The van der Waals surface area contributed by atoms with Gasteiger partial charge in [-0.25, -0.2) is 9.97 Å². The van der Waals surface area contributed by atoms with Gasteiger partial charge in [0.1, 0.15) is 11.4 Å². The summed E-state index contributed by atoms with van der Waals surface area (Å²) in [5, 5.41) is 6.85. The largest absolute Gasteiger partial charge is 0.338 e. The minimum atomic E-state index is 0.636. The van der Waals surface area contributed by atoms with Crippen LogP contribution in [-0.2, 0) is 12.2 Å². The summed E-state index contributed by atoms with van der Waals surface area (Å²) in [6.07, 6.45) is 2.37. The first-order valence-corrected chi connectivity index (χ1v) is 7.36. The lowest BCUT2D eigenvalue weighted by Gasteiger charge is -1.98. The molecule has 0 unspecified atom stereocenters. The Hall–Kier alpha value is -1.47. The van der Waals surface area contributed by atoms with Gasteiger partial charge in [0.05, 0.1) is 16.0 Å². The third kappa shape index (κ3) is 2.23. The molecule has 0 saturated heterocycles. The van der Waals surface area contributed by atoms with Crippen molar-refractivity contribution >= 4 is 33.3 Å². The summed E-state index contributed by atoms with van der Waals surface area (Å²) in [6, 6.07) is 1.99. The minimum Gasteiger partial charge on any atom is -0.338 e. The van der Waals surface area contributed by atoms with Crippen LogP contribution in [0.1, 0.15) is 18.6 Å². The molecule has 3 heterocycles. The summed E-state index contributed by atoms with van der Waals surface area (Å²) in [5.41, 5.74) is 0.984. The first-order valence-electron chi connectivity index (χ1n) is 5.49. The molecule has 3 aromatic heterocycles. The number of thiophene rings is 1. The molecule has 7 heteroatoms. The van der Waals surface area contributed by atoms with Gasteiger partial charge in [-0.2, -0.15) is 4.98 Å². The van der Waals surface area contributed by atoms with Crippen LogP contribution in [-0.4, -0.2) is 20.1 Å². The van der Waals surface area contributed by atoms with Gasteiger partial charge in [-0.3, -0.25) is 0 Å². The van der Waals surface area contributed by atoms with Gasteiger partial charge in [-0.1, -0.05) is 23.8 Å². The SMILES string of the molecule is CCc1noc(CSc2ncnc3ccsc23)n1. The van der Waals surface area contributed by atoms with E-state index in [4.69, 9.17) is 4.52 Å². The van der Waals surface area contributed by atoms with Crippen molar-refractivity contribution in [2.75, 3.05) is 0 Å². The summed E-state index contributed by atoms with van der Waals surface area (Å²) in [7, 11) is 0. The standard InChI is InChI=1S/C11H10N4OS2/c1-2-8-14-9(16-15-8)5-18-11-10-7(3-4-17-10)12-6-13-11/h3-4,6H,2,5H2,1H3. The molecule has 18 heavy (non-hydrogen) atoms. The molecule has 0 amide bonds. The van der Waals surface area contributed by atoms with Gasteiger partial charge in [-0.05, 0) is 11.4 Å². The average molecular weight is 278 g/mol. The van der Waals surface area contributed by atoms with Crippen LogP contribution < -0.4 is 0 Å². The lowest BCUT2D eigenvalue weighted by atomic mass is 10.5. The zero-order valence-electron chi connectivity index (χ0n) is 9.66. The van der Waals surface area contributed by atoms with Crippen LogP contribution in [0.4, 0.5) is 0 Å². The highest BCUT2D eigenvalue weighted by Gasteiger charge is 2.09. The molecule has 0 fully saturated rings. The number of aryl methyl sites for hydroxylation is 1. The predicted octanol–water partition coefficient (Wildman–Crippen LogP) is 2.93. The average Bonchev–Trinajstić information content (AvgIpc) is 3.05. The Bertz CT molecular complexity index is 664. The molecule has 0 saturated carbocycles. The molecular formula is C11H10N4OS2. The molecule has 0 aliphatic heterocycles. The summed E-state index contributed by atoms with van der Waals surface area (Å²) >= 11 is 3.24. The van der Waals surface area contributed by atoms with E-state index in [9.17, 15) is 0 Å². The molecule has 3 aromatic rings. The van der Waals surface area contributed by atoms with E-state index in [1.165, 1.54) is 0 Å². The normalized spacial score (nSPS) is 11.2. The van der Waals surface area contributed by atoms with Crippen molar-refractivity contribution < 1.29 is 4.52 Å². The fourth-order valence-corrected chi connectivity index (χ4v) is 3.28. The van der Waals surface area contributed by atoms with E-state index in [2.05, 4.69) is 20.1 Å². The maximum absolute atomic E-state index is 5.15. The second-order valence-electron chi connectivity index (χ2n) is 3.56. The number of rotatable bonds is 4. The third-order valence-corrected chi connectivity index (χ3v) is 4.38. The van der Waals surface area contributed by atoms with Crippen molar-refractivity contribution in [2.24, 2.45) is 0 Å². The molecule has 0 spiro atoms. The van der Waals surface area contributed by atoms with E-state index < -0.39 is 0 Å². The van der Waals surface area contributed by atoms with Crippen LogP contribution in [0.3, 0.4) is 0 Å². The molecule has 0 N–H and O–H groups in total. The molecular weight excluding hydrogens is 268 g/mol. The maximum Gasteiger partial charge on any atom is 0.237 e. The van der Waals surface area contributed by atoms with Gasteiger partial charge in [0, 0.05) is 6.42 Å². The third-order valence-electron chi connectivity index (χ3n) is 2.37. The Labute approximate surface area is 112 Å². The fourth-order valence-electron chi connectivity index (χ4n) is 1.49. The Morgan fingerprint density at radius 3 is 3.17 bits per heavy atom. The highest BCUT2D eigenvalue weighted by atomic mass is 32.2. The first kappa shape index (κ1) is 11.6.